The summed E-state index contributed by atoms with van der Waals surface area (Å²) in [5.74, 6) is 1.81. The Morgan fingerprint density at radius 2 is 1.91 bits per heavy atom. The van der Waals surface area contributed by atoms with Crippen LogP contribution in [0.5, 0.6) is 0 Å². The molecular weight excluding hydrogens is 436 g/mol. The number of likely N-dealkylation sites (tertiary alicyclic amines) is 1. The molecule has 0 radical (unpaired) electrons. The number of amides is 2. The van der Waals surface area contributed by atoms with E-state index in [1.807, 2.05) is 0 Å². The molecule has 1 aliphatic carbocycles. The smallest absolute Gasteiger partial charge is 0.407 e. The lowest BCUT2D eigenvalue weighted by Crippen LogP contribution is -2.59. The zero-order chi connectivity index (χ0) is 24.5. The minimum Gasteiger partial charge on any atom is -0.465 e. The number of carbonyl (C=O) groups excluding carboxylic acids is 1. The van der Waals surface area contributed by atoms with Crippen molar-refractivity contribution in [1.29, 1.82) is 0 Å². The quantitative estimate of drug-likeness (QED) is 0.449. The molecule has 1 aromatic rings. The first-order valence-corrected chi connectivity index (χ1v) is 12.5. The number of aryl methyl sites for hydroxylation is 1. The van der Waals surface area contributed by atoms with Crippen molar-refractivity contribution in [2.75, 3.05) is 43.5 Å². The molecule has 2 atom stereocenters. The maximum absolute atomic E-state index is 12.2. The molecule has 34 heavy (non-hydrogen) atoms. The minimum atomic E-state index is -0.895. The lowest BCUT2D eigenvalue weighted by Gasteiger charge is -2.46. The average Bonchev–Trinajstić information content (AvgIpc) is 3.18. The third kappa shape index (κ3) is 5.06. The van der Waals surface area contributed by atoms with Gasteiger partial charge in [0.15, 0.2) is 0 Å². The summed E-state index contributed by atoms with van der Waals surface area (Å²) in [6, 6.07) is -0.175. The van der Waals surface area contributed by atoms with E-state index in [9.17, 15) is 19.8 Å². The Morgan fingerprint density at radius 3 is 2.56 bits per heavy atom. The van der Waals surface area contributed by atoms with Crippen LogP contribution >= 0.6 is 0 Å². The van der Waals surface area contributed by atoms with Gasteiger partial charge in [-0.15, -0.1) is 0 Å². The second kappa shape index (κ2) is 9.93. The van der Waals surface area contributed by atoms with Gasteiger partial charge in [0.1, 0.15) is 5.82 Å². The van der Waals surface area contributed by atoms with Gasteiger partial charge >= 0.3 is 6.09 Å². The van der Waals surface area contributed by atoms with Crippen LogP contribution < -0.4 is 15.5 Å². The number of hydrogen-bond acceptors (Lipinski definition) is 7. The van der Waals surface area contributed by atoms with Crippen molar-refractivity contribution in [2.24, 2.45) is 11.3 Å². The number of rotatable bonds is 8. The summed E-state index contributed by atoms with van der Waals surface area (Å²) >= 11 is 0. The number of fused-ring (bicyclic) bond motifs is 1. The zero-order valence-corrected chi connectivity index (χ0v) is 20.5. The van der Waals surface area contributed by atoms with Gasteiger partial charge in [-0.25, -0.2) is 9.78 Å². The highest BCUT2D eigenvalue weighted by atomic mass is 16.4. The van der Waals surface area contributed by atoms with Crippen LogP contribution in [0.4, 0.5) is 16.6 Å². The molecule has 2 amide bonds. The van der Waals surface area contributed by atoms with E-state index in [2.05, 4.69) is 29.4 Å². The molecule has 1 unspecified atom stereocenters. The van der Waals surface area contributed by atoms with E-state index < -0.39 is 6.09 Å². The topological polar surface area (TPSA) is 131 Å². The van der Waals surface area contributed by atoms with Crippen LogP contribution in [0.25, 0.3) is 0 Å². The van der Waals surface area contributed by atoms with E-state index in [0.29, 0.717) is 37.9 Å². The van der Waals surface area contributed by atoms with Gasteiger partial charge in [0.25, 0.3) is 0 Å². The second-order valence-corrected chi connectivity index (χ2v) is 10.7. The van der Waals surface area contributed by atoms with Gasteiger partial charge in [0.2, 0.25) is 11.9 Å². The van der Waals surface area contributed by atoms with Crippen molar-refractivity contribution in [3.05, 3.63) is 11.3 Å². The SMILES string of the molecule is CNC(=O)CC(CC(C)C)Nc1nc(N2CC3(C[C@H]2CO)CN(C(=O)O)C3)nc2c1CCCC2. The van der Waals surface area contributed by atoms with Gasteiger partial charge in [-0.05, 0) is 44.4 Å². The predicted molar refractivity (Wildman–Crippen MR) is 129 cm³/mol. The van der Waals surface area contributed by atoms with E-state index in [-0.39, 0.29) is 30.0 Å². The molecule has 2 saturated heterocycles. The summed E-state index contributed by atoms with van der Waals surface area (Å²) in [7, 11) is 1.66. The normalized spacial score (nSPS) is 21.9. The van der Waals surface area contributed by atoms with Gasteiger partial charge < -0.3 is 30.6 Å². The average molecular weight is 475 g/mol. The highest BCUT2D eigenvalue weighted by molar-refractivity contribution is 5.76. The maximum Gasteiger partial charge on any atom is 0.407 e. The molecule has 2 fully saturated rings. The van der Waals surface area contributed by atoms with Crippen molar-refractivity contribution in [2.45, 2.75) is 70.9 Å². The Kier molecular flexibility index (Phi) is 7.16. The van der Waals surface area contributed by atoms with Gasteiger partial charge in [-0.1, -0.05) is 13.8 Å². The summed E-state index contributed by atoms with van der Waals surface area (Å²) in [6.45, 7) is 5.86. The third-order valence-electron chi connectivity index (χ3n) is 7.38. The van der Waals surface area contributed by atoms with Gasteiger partial charge in [-0.2, -0.15) is 4.98 Å². The van der Waals surface area contributed by atoms with Crippen molar-refractivity contribution in [1.82, 2.24) is 20.2 Å². The van der Waals surface area contributed by atoms with Crippen molar-refractivity contribution >= 4 is 23.8 Å². The first kappa shape index (κ1) is 24.5. The molecule has 1 spiro atoms. The van der Waals surface area contributed by atoms with E-state index in [0.717, 1.165) is 55.6 Å². The minimum absolute atomic E-state index is 0.00362. The van der Waals surface area contributed by atoms with Crippen LogP contribution in [-0.2, 0) is 17.6 Å². The molecule has 0 aromatic carbocycles. The molecule has 0 bridgehead atoms. The Bertz CT molecular complexity index is 917. The number of carbonyl (C=O) groups is 2. The molecule has 1 aromatic heterocycles. The largest absolute Gasteiger partial charge is 0.465 e. The highest BCUT2D eigenvalue weighted by Gasteiger charge is 2.53. The summed E-state index contributed by atoms with van der Waals surface area (Å²) in [4.78, 5) is 36.8. The molecule has 10 heteroatoms. The number of aliphatic hydroxyl groups excluding tert-OH is 1. The monoisotopic (exact) mass is 474 g/mol. The number of aromatic nitrogens is 2. The van der Waals surface area contributed by atoms with Crippen LogP contribution in [0.15, 0.2) is 0 Å². The molecule has 0 saturated carbocycles. The Morgan fingerprint density at radius 1 is 1.18 bits per heavy atom. The number of nitrogens with zero attached hydrogens (tertiary/aromatic N) is 4. The number of aliphatic hydroxyl groups is 1. The van der Waals surface area contributed by atoms with Crippen molar-refractivity contribution in [3.63, 3.8) is 0 Å². The van der Waals surface area contributed by atoms with E-state index in [1.54, 1.807) is 7.05 Å². The molecule has 10 nitrogen and oxygen atoms in total. The fourth-order valence-corrected chi connectivity index (χ4v) is 5.80. The van der Waals surface area contributed by atoms with E-state index in [4.69, 9.17) is 9.97 Å². The lowest BCUT2D eigenvalue weighted by atomic mass is 9.78. The first-order chi connectivity index (χ1) is 16.2. The summed E-state index contributed by atoms with van der Waals surface area (Å²) < 4.78 is 0. The molecule has 4 N–H and O–H groups in total. The van der Waals surface area contributed by atoms with Gasteiger partial charge in [-0.3, -0.25) is 4.79 Å². The summed E-state index contributed by atoms with van der Waals surface area (Å²) in [5.41, 5.74) is 2.02. The second-order valence-electron chi connectivity index (χ2n) is 10.7. The van der Waals surface area contributed by atoms with Gasteiger partial charge in [0.05, 0.1) is 18.3 Å². The molecule has 3 heterocycles. The third-order valence-corrected chi connectivity index (χ3v) is 7.38. The van der Waals surface area contributed by atoms with Crippen LogP contribution in [0.3, 0.4) is 0 Å². The molecule has 2 aliphatic heterocycles. The predicted octanol–water partition coefficient (Wildman–Crippen LogP) is 1.87. The summed E-state index contributed by atoms with van der Waals surface area (Å²) in [5, 5.41) is 25.7. The fourth-order valence-electron chi connectivity index (χ4n) is 5.80. The Hall–Kier alpha value is -2.62. The Labute approximate surface area is 201 Å². The van der Waals surface area contributed by atoms with Crippen LogP contribution in [0.1, 0.15) is 57.2 Å². The molecule has 4 rings (SSSR count). The molecule has 3 aliphatic rings. The van der Waals surface area contributed by atoms with Crippen LogP contribution in [0.2, 0.25) is 0 Å². The summed E-state index contributed by atoms with van der Waals surface area (Å²) in [6.07, 6.45) is 5.02. The first-order valence-electron chi connectivity index (χ1n) is 12.5. The molecular formula is C24H38N6O4. The zero-order valence-electron chi connectivity index (χ0n) is 20.5. The van der Waals surface area contributed by atoms with Gasteiger partial charge in [0, 0.05) is 50.1 Å². The van der Waals surface area contributed by atoms with Crippen LogP contribution in [0, 0.1) is 11.3 Å². The lowest BCUT2D eigenvalue weighted by molar-refractivity contribution is -0.120. The standard InChI is InChI=1S/C24H38N6O4/c1-15(2)8-16(9-20(32)25-3)26-21-18-6-4-5-7-19(18)27-22(28-21)30-14-24(10-17(30)11-31)12-29(13-24)23(33)34/h15-17,31H,4-14H2,1-3H3,(H,25,32)(H,33,34)(H,26,27,28)/t16?,17-/m0/s1. The number of nitrogens with one attached hydrogen (secondary N) is 2. The highest BCUT2D eigenvalue weighted by Crippen LogP contribution is 2.44. The fraction of sp³-hybridized carbons (Fsp3) is 0.750. The number of carboxylic acid groups (broad SMARTS) is 1. The maximum atomic E-state index is 12.2. The van der Waals surface area contributed by atoms with Crippen LogP contribution in [-0.4, -0.2) is 82.5 Å². The van der Waals surface area contributed by atoms with Crippen molar-refractivity contribution < 1.29 is 19.8 Å². The number of hydrogen-bond donors (Lipinski definition) is 4. The van der Waals surface area contributed by atoms with E-state index >= 15 is 0 Å². The number of anilines is 2. The van der Waals surface area contributed by atoms with E-state index in [1.165, 1.54) is 4.90 Å². The van der Waals surface area contributed by atoms with Crippen molar-refractivity contribution in [3.8, 4) is 0 Å². The Balaban J connectivity index is 1.62. The molecule has 188 valence electrons.